The van der Waals surface area contributed by atoms with Crippen LogP contribution in [0.4, 0.5) is 0 Å². The molecule has 1 unspecified atom stereocenters. The van der Waals surface area contributed by atoms with Crippen molar-refractivity contribution in [3.05, 3.63) is 52.4 Å². The Bertz CT molecular complexity index is 1250. The van der Waals surface area contributed by atoms with Gasteiger partial charge in [-0.2, -0.15) is 0 Å². The summed E-state index contributed by atoms with van der Waals surface area (Å²) >= 11 is 0. The third-order valence-electron chi connectivity index (χ3n) is 5.04. The molecule has 9 heteroatoms. The fourth-order valence-electron chi connectivity index (χ4n) is 3.33. The van der Waals surface area contributed by atoms with Crippen LogP contribution in [-0.4, -0.2) is 42.1 Å². The van der Waals surface area contributed by atoms with Gasteiger partial charge in [0.2, 0.25) is 5.91 Å². The zero-order chi connectivity index (χ0) is 23.4. The molecule has 1 atom stereocenters. The molecule has 0 spiro atoms. The second-order valence-electron chi connectivity index (χ2n) is 7.69. The Morgan fingerprint density at radius 3 is 2.38 bits per heavy atom. The molecule has 1 heterocycles. The maximum Gasteiger partial charge on any atom is 0.344 e. The van der Waals surface area contributed by atoms with E-state index in [2.05, 4.69) is 10.6 Å². The average molecular weight is 440 g/mol. The van der Waals surface area contributed by atoms with E-state index in [-0.39, 0.29) is 19.1 Å². The van der Waals surface area contributed by atoms with E-state index in [0.29, 0.717) is 22.3 Å². The smallest absolute Gasteiger partial charge is 0.344 e. The van der Waals surface area contributed by atoms with Crippen LogP contribution in [0, 0.1) is 12.8 Å². The van der Waals surface area contributed by atoms with Crippen molar-refractivity contribution in [1.29, 1.82) is 0 Å². The summed E-state index contributed by atoms with van der Waals surface area (Å²) in [5, 5.41) is 15.8. The van der Waals surface area contributed by atoms with Crippen molar-refractivity contribution >= 4 is 39.5 Å². The molecule has 0 aliphatic carbocycles. The number of fused-ring (bicyclic) bond motifs is 3. The molecule has 2 amide bonds. The van der Waals surface area contributed by atoms with E-state index in [9.17, 15) is 19.2 Å². The van der Waals surface area contributed by atoms with Crippen LogP contribution < -0.4 is 21.0 Å². The predicted molar refractivity (Wildman–Crippen MR) is 118 cm³/mol. The number of carboxylic acids is 1. The maximum absolute atomic E-state index is 12.3. The van der Waals surface area contributed by atoms with Gasteiger partial charge in [-0.1, -0.05) is 32.0 Å². The number of ether oxygens (including phenoxy) is 1. The van der Waals surface area contributed by atoms with Gasteiger partial charge in [0, 0.05) is 10.9 Å². The van der Waals surface area contributed by atoms with E-state index >= 15 is 0 Å². The SMILES string of the molecule is Cc1c(OCC(=O)NCC(=O)NC(C(=O)O)C(C)C)ccc2c1oc(=O)c1ccccc12. The number of carboxylic acid groups (broad SMARTS) is 1. The van der Waals surface area contributed by atoms with E-state index in [4.69, 9.17) is 14.3 Å². The maximum atomic E-state index is 12.3. The van der Waals surface area contributed by atoms with Crippen LogP contribution >= 0.6 is 0 Å². The molecule has 0 aliphatic rings. The molecule has 0 saturated heterocycles. The summed E-state index contributed by atoms with van der Waals surface area (Å²) in [5.74, 6) is -2.26. The molecular weight excluding hydrogens is 416 g/mol. The Hall–Kier alpha value is -3.88. The Labute approximate surface area is 183 Å². The topological polar surface area (TPSA) is 135 Å². The van der Waals surface area contributed by atoms with Gasteiger partial charge in [-0.3, -0.25) is 9.59 Å². The zero-order valence-corrected chi connectivity index (χ0v) is 17.9. The average Bonchev–Trinajstić information content (AvgIpc) is 2.76. The quantitative estimate of drug-likeness (QED) is 0.360. The minimum Gasteiger partial charge on any atom is -0.483 e. The summed E-state index contributed by atoms with van der Waals surface area (Å²) in [4.78, 5) is 47.4. The molecular formula is C23H24N2O7. The van der Waals surface area contributed by atoms with Crippen LogP contribution in [0.5, 0.6) is 5.75 Å². The summed E-state index contributed by atoms with van der Waals surface area (Å²) in [5.41, 5.74) is 0.481. The van der Waals surface area contributed by atoms with Crippen LogP contribution in [-0.2, 0) is 14.4 Å². The molecule has 32 heavy (non-hydrogen) atoms. The van der Waals surface area contributed by atoms with Gasteiger partial charge in [-0.25, -0.2) is 9.59 Å². The lowest BCUT2D eigenvalue weighted by Crippen LogP contribution is -2.48. The standard InChI is InChI=1S/C23H24N2O7/c1-12(2)20(22(28)29)25-18(26)10-24-19(27)11-31-17-9-8-15-14-6-4-5-7-16(14)23(30)32-21(15)13(17)3/h4-9,12,20H,10-11H2,1-3H3,(H,24,27)(H,25,26)(H,28,29). The summed E-state index contributed by atoms with van der Waals surface area (Å²) in [6.45, 7) is 4.31. The number of carbonyl (C=O) groups excluding carboxylic acids is 2. The molecule has 9 nitrogen and oxygen atoms in total. The highest BCUT2D eigenvalue weighted by Gasteiger charge is 2.23. The minimum absolute atomic E-state index is 0.302. The monoisotopic (exact) mass is 440 g/mol. The summed E-state index contributed by atoms with van der Waals surface area (Å²) in [6.07, 6.45) is 0. The summed E-state index contributed by atoms with van der Waals surface area (Å²) in [7, 11) is 0. The summed E-state index contributed by atoms with van der Waals surface area (Å²) < 4.78 is 11.0. The number of hydrogen-bond acceptors (Lipinski definition) is 6. The Morgan fingerprint density at radius 2 is 1.72 bits per heavy atom. The highest BCUT2D eigenvalue weighted by atomic mass is 16.5. The Kier molecular flexibility index (Phi) is 6.77. The molecule has 0 bridgehead atoms. The fraction of sp³-hybridized carbons (Fsp3) is 0.304. The van der Waals surface area contributed by atoms with E-state index in [1.807, 2.05) is 12.1 Å². The van der Waals surface area contributed by atoms with Gasteiger partial charge in [0.05, 0.1) is 11.9 Å². The lowest BCUT2D eigenvalue weighted by molar-refractivity contribution is -0.143. The van der Waals surface area contributed by atoms with Crippen molar-refractivity contribution in [3.8, 4) is 5.75 Å². The number of hydrogen-bond donors (Lipinski definition) is 3. The van der Waals surface area contributed by atoms with Crippen LogP contribution in [0.25, 0.3) is 21.7 Å². The molecule has 3 aromatic rings. The second-order valence-corrected chi connectivity index (χ2v) is 7.69. The van der Waals surface area contributed by atoms with Gasteiger partial charge in [0.25, 0.3) is 5.91 Å². The molecule has 3 N–H and O–H groups in total. The van der Waals surface area contributed by atoms with Gasteiger partial charge in [-0.15, -0.1) is 0 Å². The van der Waals surface area contributed by atoms with Crippen molar-refractivity contribution in [3.63, 3.8) is 0 Å². The van der Waals surface area contributed by atoms with Crippen LogP contribution in [0.2, 0.25) is 0 Å². The summed E-state index contributed by atoms with van der Waals surface area (Å²) in [6, 6.07) is 9.53. The number of carbonyl (C=O) groups is 3. The van der Waals surface area contributed by atoms with Crippen molar-refractivity contribution in [2.75, 3.05) is 13.2 Å². The van der Waals surface area contributed by atoms with E-state index < -0.39 is 29.5 Å². The number of aryl methyl sites for hydroxylation is 1. The number of rotatable bonds is 8. The molecule has 1 aromatic heterocycles. The lowest BCUT2D eigenvalue weighted by Gasteiger charge is -2.18. The molecule has 0 saturated carbocycles. The van der Waals surface area contributed by atoms with E-state index in [1.165, 1.54) is 0 Å². The number of amides is 2. The van der Waals surface area contributed by atoms with Gasteiger partial charge in [0.15, 0.2) is 6.61 Å². The van der Waals surface area contributed by atoms with Gasteiger partial charge in [0.1, 0.15) is 17.4 Å². The first-order valence-electron chi connectivity index (χ1n) is 10.1. The van der Waals surface area contributed by atoms with Crippen LogP contribution in [0.3, 0.4) is 0 Å². The third-order valence-corrected chi connectivity index (χ3v) is 5.04. The van der Waals surface area contributed by atoms with E-state index in [0.717, 1.165) is 10.8 Å². The first-order chi connectivity index (χ1) is 15.2. The van der Waals surface area contributed by atoms with Crippen molar-refractivity contribution in [2.24, 2.45) is 5.92 Å². The number of aliphatic carboxylic acids is 1. The lowest BCUT2D eigenvalue weighted by atomic mass is 10.0. The highest BCUT2D eigenvalue weighted by molar-refractivity contribution is 6.05. The minimum atomic E-state index is -1.14. The van der Waals surface area contributed by atoms with Crippen LogP contribution in [0.1, 0.15) is 19.4 Å². The highest BCUT2D eigenvalue weighted by Crippen LogP contribution is 2.30. The van der Waals surface area contributed by atoms with Gasteiger partial charge >= 0.3 is 11.6 Å². The largest absolute Gasteiger partial charge is 0.483 e. The molecule has 0 radical (unpaired) electrons. The zero-order valence-electron chi connectivity index (χ0n) is 17.9. The van der Waals surface area contributed by atoms with Crippen molar-refractivity contribution < 1.29 is 28.6 Å². The Morgan fingerprint density at radius 1 is 1.03 bits per heavy atom. The van der Waals surface area contributed by atoms with Gasteiger partial charge < -0.3 is 24.9 Å². The predicted octanol–water partition coefficient (Wildman–Crippen LogP) is 1.98. The van der Waals surface area contributed by atoms with Crippen molar-refractivity contribution in [2.45, 2.75) is 26.8 Å². The first kappa shape index (κ1) is 22.8. The van der Waals surface area contributed by atoms with Crippen molar-refractivity contribution in [1.82, 2.24) is 10.6 Å². The normalized spacial score (nSPS) is 12.0. The molecule has 0 fully saturated rings. The van der Waals surface area contributed by atoms with E-state index in [1.54, 1.807) is 45.0 Å². The fourth-order valence-corrected chi connectivity index (χ4v) is 3.33. The molecule has 168 valence electrons. The third kappa shape index (κ3) is 4.88. The van der Waals surface area contributed by atoms with Gasteiger partial charge in [-0.05, 0) is 36.4 Å². The second kappa shape index (κ2) is 9.51. The number of benzene rings is 2. The molecule has 3 rings (SSSR count). The van der Waals surface area contributed by atoms with Crippen LogP contribution in [0.15, 0.2) is 45.6 Å². The number of nitrogens with one attached hydrogen (secondary N) is 2. The molecule has 0 aliphatic heterocycles. The molecule has 2 aromatic carbocycles. The first-order valence-corrected chi connectivity index (χ1v) is 10.1. The Balaban J connectivity index is 1.65.